The molecule has 0 saturated heterocycles. The van der Waals surface area contributed by atoms with Gasteiger partial charge in [-0.25, -0.2) is 4.79 Å². The number of ether oxygens (including phenoxy) is 1. The zero-order valence-corrected chi connectivity index (χ0v) is 14.6. The first-order valence-electron chi connectivity index (χ1n) is 7.86. The Labute approximate surface area is 133 Å². The second kappa shape index (κ2) is 8.13. The highest BCUT2D eigenvalue weighted by molar-refractivity contribution is 6.03. The molecule has 0 aromatic carbocycles. The van der Waals surface area contributed by atoms with Gasteiger partial charge in [-0.15, -0.1) is 0 Å². The zero-order valence-electron chi connectivity index (χ0n) is 14.6. The minimum atomic E-state index is -0.394. The molecule has 0 bridgehead atoms. The molecule has 5 heteroatoms. The third-order valence-corrected chi connectivity index (χ3v) is 3.92. The summed E-state index contributed by atoms with van der Waals surface area (Å²) in [7, 11) is 1.36. The van der Waals surface area contributed by atoms with Crippen molar-refractivity contribution in [3.63, 3.8) is 0 Å². The number of nitrogens with one attached hydrogen (secondary N) is 1. The summed E-state index contributed by atoms with van der Waals surface area (Å²) in [6.45, 7) is 11.7. The van der Waals surface area contributed by atoms with Gasteiger partial charge >= 0.3 is 5.97 Å². The molecule has 0 aliphatic rings. The van der Waals surface area contributed by atoms with Crippen molar-refractivity contribution in [2.45, 2.75) is 47.6 Å². The molecular weight excluding hydrogens is 280 g/mol. The molecular formula is C17H28N2O3. The molecule has 22 heavy (non-hydrogen) atoms. The van der Waals surface area contributed by atoms with Crippen LogP contribution in [-0.4, -0.2) is 36.5 Å². The monoisotopic (exact) mass is 308 g/mol. The van der Waals surface area contributed by atoms with Crippen LogP contribution in [0.2, 0.25) is 0 Å². The molecule has 1 rings (SSSR count). The lowest BCUT2D eigenvalue weighted by Gasteiger charge is -2.08. The highest BCUT2D eigenvalue weighted by Gasteiger charge is 2.25. The van der Waals surface area contributed by atoms with Crippen LogP contribution in [0.4, 0.5) is 0 Å². The Kier molecular flexibility index (Phi) is 6.81. The summed E-state index contributed by atoms with van der Waals surface area (Å²) < 4.78 is 6.70. The largest absolute Gasteiger partial charge is 0.464 e. The van der Waals surface area contributed by atoms with E-state index in [2.05, 4.69) is 19.2 Å². The van der Waals surface area contributed by atoms with Crippen LogP contribution < -0.4 is 5.32 Å². The molecule has 0 aliphatic heterocycles. The number of carbonyl (C=O) groups excluding carboxylic acids is 2. The van der Waals surface area contributed by atoms with Crippen molar-refractivity contribution in [2.24, 2.45) is 5.92 Å². The molecule has 1 N–H and O–H groups in total. The van der Waals surface area contributed by atoms with E-state index in [9.17, 15) is 9.59 Å². The van der Waals surface area contributed by atoms with Crippen LogP contribution in [0.15, 0.2) is 0 Å². The van der Waals surface area contributed by atoms with Crippen LogP contribution in [0, 0.1) is 19.8 Å². The van der Waals surface area contributed by atoms with Crippen molar-refractivity contribution in [2.75, 3.05) is 20.2 Å². The lowest BCUT2D eigenvalue weighted by molar-refractivity contribution is 0.0587. The number of ketones is 1. The predicted molar refractivity (Wildman–Crippen MR) is 87.6 cm³/mol. The summed E-state index contributed by atoms with van der Waals surface area (Å²) in [4.78, 5) is 24.5. The van der Waals surface area contributed by atoms with Crippen LogP contribution in [-0.2, 0) is 11.3 Å². The van der Waals surface area contributed by atoms with E-state index in [0.717, 1.165) is 18.7 Å². The fraction of sp³-hybridized carbons (Fsp3) is 0.647. The second-order valence-electron chi connectivity index (χ2n) is 5.95. The summed E-state index contributed by atoms with van der Waals surface area (Å²) in [6.07, 6.45) is 1.04. The van der Waals surface area contributed by atoms with Crippen LogP contribution in [0.3, 0.4) is 0 Å². The minimum Gasteiger partial charge on any atom is -0.464 e. The topological polar surface area (TPSA) is 60.3 Å². The molecule has 0 saturated carbocycles. The van der Waals surface area contributed by atoms with Gasteiger partial charge < -0.3 is 14.6 Å². The van der Waals surface area contributed by atoms with E-state index in [1.807, 2.05) is 25.3 Å². The maximum absolute atomic E-state index is 12.5. The van der Waals surface area contributed by atoms with Gasteiger partial charge in [-0.2, -0.15) is 0 Å². The van der Waals surface area contributed by atoms with Gasteiger partial charge in [0.15, 0.2) is 5.78 Å². The quantitative estimate of drug-likeness (QED) is 0.456. The van der Waals surface area contributed by atoms with E-state index in [1.54, 1.807) is 0 Å². The summed E-state index contributed by atoms with van der Waals surface area (Å²) in [6, 6.07) is 0. The van der Waals surface area contributed by atoms with Gasteiger partial charge in [0, 0.05) is 17.8 Å². The number of methoxy groups -OCH3 is 1. The summed E-state index contributed by atoms with van der Waals surface area (Å²) in [5.74, 6) is 0.239. The smallest absolute Gasteiger partial charge is 0.354 e. The zero-order chi connectivity index (χ0) is 16.9. The van der Waals surface area contributed by atoms with Gasteiger partial charge in [-0.05, 0) is 45.2 Å². The lowest BCUT2D eigenvalue weighted by Crippen LogP contribution is -2.25. The fourth-order valence-electron chi connectivity index (χ4n) is 2.74. The highest BCUT2D eigenvalue weighted by Crippen LogP contribution is 2.23. The Morgan fingerprint density at radius 2 is 1.91 bits per heavy atom. The van der Waals surface area contributed by atoms with Crippen molar-refractivity contribution >= 4 is 11.8 Å². The van der Waals surface area contributed by atoms with E-state index in [-0.39, 0.29) is 5.78 Å². The number of rotatable bonds is 8. The maximum Gasteiger partial charge on any atom is 0.354 e. The number of hydrogen-bond acceptors (Lipinski definition) is 4. The number of Topliss-reactive ketones (excluding diaryl/α,β-unsaturated/α-hetero) is 1. The molecule has 0 radical (unpaired) electrons. The van der Waals surface area contributed by atoms with Crippen molar-refractivity contribution in [1.82, 2.24) is 9.88 Å². The Morgan fingerprint density at radius 3 is 2.41 bits per heavy atom. The Hall–Kier alpha value is -1.62. The first kappa shape index (κ1) is 18.4. The summed E-state index contributed by atoms with van der Waals surface area (Å²) >= 11 is 0. The van der Waals surface area contributed by atoms with Gasteiger partial charge in [0.25, 0.3) is 0 Å². The van der Waals surface area contributed by atoms with Crippen molar-refractivity contribution in [1.29, 1.82) is 0 Å². The predicted octanol–water partition coefficient (Wildman–Crippen LogP) is 2.73. The summed E-state index contributed by atoms with van der Waals surface area (Å²) in [5.41, 5.74) is 2.66. The third kappa shape index (κ3) is 3.97. The van der Waals surface area contributed by atoms with Gasteiger partial charge in [-0.1, -0.05) is 13.8 Å². The van der Waals surface area contributed by atoms with Crippen molar-refractivity contribution in [3.8, 4) is 0 Å². The number of aromatic nitrogens is 1. The molecule has 124 valence electrons. The van der Waals surface area contributed by atoms with Crippen LogP contribution in [0.25, 0.3) is 0 Å². The van der Waals surface area contributed by atoms with E-state index < -0.39 is 5.97 Å². The van der Waals surface area contributed by atoms with E-state index >= 15 is 0 Å². The molecule has 0 unspecified atom stereocenters. The second-order valence-corrected chi connectivity index (χ2v) is 5.95. The fourth-order valence-corrected chi connectivity index (χ4v) is 2.74. The molecule has 0 atom stereocenters. The molecule has 0 amide bonds. The maximum atomic E-state index is 12.5. The van der Waals surface area contributed by atoms with E-state index in [4.69, 9.17) is 4.74 Å². The van der Waals surface area contributed by atoms with Gasteiger partial charge in [-0.3, -0.25) is 4.79 Å². The van der Waals surface area contributed by atoms with Crippen LogP contribution in [0.1, 0.15) is 59.3 Å². The average Bonchev–Trinajstić information content (AvgIpc) is 2.72. The molecule has 1 aromatic rings. The Morgan fingerprint density at radius 1 is 1.27 bits per heavy atom. The third-order valence-electron chi connectivity index (χ3n) is 3.92. The standard InChI is InChI=1S/C17H28N2O3/c1-7-19-13(5)15(12(4)16(19)17(21)22-6)14(20)10-18-9-8-11(2)3/h11,18H,7-10H2,1-6H3. The normalized spacial score (nSPS) is 11.0. The number of carbonyl (C=O) groups is 2. The lowest BCUT2D eigenvalue weighted by atomic mass is 10.1. The molecule has 0 fully saturated rings. The molecule has 1 heterocycles. The molecule has 0 aliphatic carbocycles. The SMILES string of the molecule is CCn1c(C)c(C(=O)CNCCC(C)C)c(C)c1C(=O)OC. The van der Waals surface area contributed by atoms with E-state index in [1.165, 1.54) is 7.11 Å². The number of esters is 1. The van der Waals surface area contributed by atoms with Crippen molar-refractivity contribution < 1.29 is 14.3 Å². The summed E-state index contributed by atoms with van der Waals surface area (Å²) in [5, 5.41) is 3.18. The molecule has 0 spiro atoms. The Bertz CT molecular complexity index is 545. The Balaban J connectivity index is 2.97. The van der Waals surface area contributed by atoms with E-state index in [0.29, 0.717) is 35.8 Å². The van der Waals surface area contributed by atoms with Gasteiger partial charge in [0.1, 0.15) is 5.69 Å². The van der Waals surface area contributed by atoms with Gasteiger partial charge in [0.2, 0.25) is 0 Å². The van der Waals surface area contributed by atoms with Gasteiger partial charge in [0.05, 0.1) is 13.7 Å². The average molecular weight is 308 g/mol. The first-order chi connectivity index (χ1) is 10.3. The molecule has 1 aromatic heterocycles. The highest BCUT2D eigenvalue weighted by atomic mass is 16.5. The number of nitrogens with zero attached hydrogens (tertiary/aromatic N) is 1. The number of hydrogen-bond donors (Lipinski definition) is 1. The van der Waals surface area contributed by atoms with Crippen LogP contribution in [0.5, 0.6) is 0 Å². The first-order valence-corrected chi connectivity index (χ1v) is 7.86. The van der Waals surface area contributed by atoms with Crippen molar-refractivity contribution in [3.05, 3.63) is 22.5 Å². The minimum absolute atomic E-state index is 0.0242. The van der Waals surface area contributed by atoms with Crippen LogP contribution >= 0.6 is 0 Å². The molecule has 5 nitrogen and oxygen atoms in total.